The first kappa shape index (κ1) is 20.2. The molecule has 3 fully saturated rings. The lowest BCUT2D eigenvalue weighted by atomic mass is 9.92. The predicted octanol–water partition coefficient (Wildman–Crippen LogP) is 2.27. The molecule has 0 spiro atoms. The Bertz CT molecular complexity index is 590. The van der Waals surface area contributed by atoms with Crippen LogP contribution in [0.1, 0.15) is 66.2 Å². The second-order valence-corrected chi connectivity index (χ2v) is 9.55. The molecule has 27 heavy (non-hydrogen) atoms. The van der Waals surface area contributed by atoms with Gasteiger partial charge >= 0.3 is 0 Å². The topological polar surface area (TPSA) is 60.9 Å². The van der Waals surface area contributed by atoms with E-state index >= 15 is 0 Å². The molecule has 0 N–H and O–H groups in total. The van der Waals surface area contributed by atoms with Crippen LogP contribution < -0.4 is 0 Å². The lowest BCUT2D eigenvalue weighted by Crippen LogP contribution is -2.49. The van der Waals surface area contributed by atoms with Crippen molar-refractivity contribution in [3.05, 3.63) is 0 Å². The molecule has 0 radical (unpaired) electrons. The summed E-state index contributed by atoms with van der Waals surface area (Å²) in [5.74, 6) is 0.263. The Morgan fingerprint density at radius 1 is 0.926 bits per heavy atom. The zero-order chi connectivity index (χ0) is 19.8. The number of carbonyl (C=O) groups excluding carboxylic acids is 3. The standard InChI is InChI=1S/C21H35N3O3/c1-15-7-5-6-10-23(15)20(27)16-8-11-22(12-9-16)19(26)17-13-18(25)24(14-17)21(2,3)4/h15-17H,5-14H2,1-4H3. The molecule has 2 unspecified atom stereocenters. The Kier molecular flexibility index (Phi) is 5.82. The molecule has 3 saturated heterocycles. The molecule has 0 aromatic carbocycles. The number of likely N-dealkylation sites (tertiary alicyclic amines) is 3. The van der Waals surface area contributed by atoms with E-state index in [0.29, 0.717) is 32.1 Å². The number of hydrogen-bond acceptors (Lipinski definition) is 3. The van der Waals surface area contributed by atoms with Gasteiger partial charge in [-0.25, -0.2) is 0 Å². The minimum atomic E-state index is -0.239. The van der Waals surface area contributed by atoms with Crippen molar-refractivity contribution in [2.45, 2.75) is 77.8 Å². The molecule has 0 bridgehead atoms. The highest BCUT2D eigenvalue weighted by atomic mass is 16.2. The number of nitrogens with zero attached hydrogens (tertiary/aromatic N) is 3. The lowest BCUT2D eigenvalue weighted by molar-refractivity contribution is -0.144. The van der Waals surface area contributed by atoms with Crippen molar-refractivity contribution in [3.63, 3.8) is 0 Å². The minimum absolute atomic E-state index is 0.0471. The Morgan fingerprint density at radius 2 is 1.59 bits per heavy atom. The molecule has 6 nitrogen and oxygen atoms in total. The maximum absolute atomic E-state index is 12.9. The first-order valence-corrected chi connectivity index (χ1v) is 10.6. The number of piperidine rings is 2. The van der Waals surface area contributed by atoms with E-state index in [9.17, 15) is 14.4 Å². The molecule has 6 heteroatoms. The molecule has 3 rings (SSSR count). The summed E-state index contributed by atoms with van der Waals surface area (Å²) in [4.78, 5) is 43.8. The second kappa shape index (κ2) is 7.80. The van der Waals surface area contributed by atoms with Gasteiger partial charge in [0.15, 0.2) is 0 Å². The first-order chi connectivity index (χ1) is 12.7. The van der Waals surface area contributed by atoms with Gasteiger partial charge in [-0.2, -0.15) is 0 Å². The normalized spacial score (nSPS) is 28.0. The Labute approximate surface area is 163 Å². The fourth-order valence-corrected chi connectivity index (χ4v) is 4.79. The van der Waals surface area contributed by atoms with Crippen molar-refractivity contribution < 1.29 is 14.4 Å². The van der Waals surface area contributed by atoms with Crippen molar-refractivity contribution >= 4 is 17.7 Å². The van der Waals surface area contributed by atoms with Crippen LogP contribution in [0.15, 0.2) is 0 Å². The third-order valence-electron chi connectivity index (χ3n) is 6.53. The van der Waals surface area contributed by atoms with Gasteiger partial charge in [0.05, 0.1) is 5.92 Å². The van der Waals surface area contributed by atoms with Gasteiger partial charge in [-0.1, -0.05) is 0 Å². The van der Waals surface area contributed by atoms with E-state index in [2.05, 4.69) is 11.8 Å². The minimum Gasteiger partial charge on any atom is -0.342 e. The van der Waals surface area contributed by atoms with Gasteiger partial charge in [0.25, 0.3) is 0 Å². The molecule has 3 heterocycles. The highest BCUT2D eigenvalue weighted by molar-refractivity contribution is 5.90. The fraction of sp³-hybridized carbons (Fsp3) is 0.857. The summed E-state index contributed by atoms with van der Waals surface area (Å²) >= 11 is 0. The summed E-state index contributed by atoms with van der Waals surface area (Å²) in [5, 5.41) is 0. The largest absolute Gasteiger partial charge is 0.342 e. The van der Waals surface area contributed by atoms with Crippen LogP contribution in [0, 0.1) is 11.8 Å². The molecule has 2 atom stereocenters. The highest BCUT2D eigenvalue weighted by Crippen LogP contribution is 2.29. The fourth-order valence-electron chi connectivity index (χ4n) is 4.79. The zero-order valence-electron chi connectivity index (χ0n) is 17.4. The van der Waals surface area contributed by atoms with Crippen molar-refractivity contribution in [1.29, 1.82) is 0 Å². The number of amides is 3. The van der Waals surface area contributed by atoms with Crippen LogP contribution in [0.2, 0.25) is 0 Å². The monoisotopic (exact) mass is 377 g/mol. The van der Waals surface area contributed by atoms with E-state index < -0.39 is 0 Å². The molecular formula is C21H35N3O3. The van der Waals surface area contributed by atoms with Crippen molar-refractivity contribution in [1.82, 2.24) is 14.7 Å². The van der Waals surface area contributed by atoms with Crippen molar-refractivity contribution in [3.8, 4) is 0 Å². The Morgan fingerprint density at radius 3 is 2.15 bits per heavy atom. The molecule has 3 aliphatic heterocycles. The van der Waals surface area contributed by atoms with E-state index in [1.807, 2.05) is 30.6 Å². The lowest BCUT2D eigenvalue weighted by Gasteiger charge is -2.39. The summed E-state index contributed by atoms with van der Waals surface area (Å²) in [6.45, 7) is 10.9. The molecule has 0 aromatic rings. The van der Waals surface area contributed by atoms with Gasteiger partial charge < -0.3 is 14.7 Å². The van der Waals surface area contributed by atoms with Crippen LogP contribution in [0.5, 0.6) is 0 Å². The van der Waals surface area contributed by atoms with Crippen molar-refractivity contribution in [2.75, 3.05) is 26.2 Å². The Hall–Kier alpha value is -1.59. The van der Waals surface area contributed by atoms with E-state index in [1.54, 1.807) is 0 Å². The van der Waals surface area contributed by atoms with Crippen molar-refractivity contribution in [2.24, 2.45) is 11.8 Å². The van der Waals surface area contributed by atoms with Gasteiger partial charge in [0, 0.05) is 50.1 Å². The average Bonchev–Trinajstić information content (AvgIpc) is 3.03. The van der Waals surface area contributed by atoms with Crippen LogP contribution in [0.25, 0.3) is 0 Å². The van der Waals surface area contributed by atoms with E-state index in [1.165, 1.54) is 6.42 Å². The first-order valence-electron chi connectivity index (χ1n) is 10.6. The molecule has 0 aliphatic carbocycles. The molecule has 0 aromatic heterocycles. The van der Waals surface area contributed by atoms with E-state index in [-0.39, 0.29) is 35.1 Å². The summed E-state index contributed by atoms with van der Waals surface area (Å²) < 4.78 is 0. The molecule has 152 valence electrons. The molecule has 3 amide bonds. The highest BCUT2D eigenvalue weighted by Gasteiger charge is 2.42. The van der Waals surface area contributed by atoms with E-state index in [4.69, 9.17) is 0 Å². The van der Waals surface area contributed by atoms with Crippen LogP contribution in [0.3, 0.4) is 0 Å². The second-order valence-electron chi connectivity index (χ2n) is 9.55. The summed E-state index contributed by atoms with van der Waals surface area (Å²) in [7, 11) is 0. The van der Waals surface area contributed by atoms with Gasteiger partial charge in [-0.05, 0) is 59.8 Å². The van der Waals surface area contributed by atoms with Crippen LogP contribution in [-0.2, 0) is 14.4 Å². The number of hydrogen-bond donors (Lipinski definition) is 0. The van der Waals surface area contributed by atoms with Gasteiger partial charge in [-0.15, -0.1) is 0 Å². The Balaban J connectivity index is 1.52. The van der Waals surface area contributed by atoms with Gasteiger partial charge in [0.1, 0.15) is 0 Å². The zero-order valence-corrected chi connectivity index (χ0v) is 17.4. The third-order valence-corrected chi connectivity index (χ3v) is 6.53. The quantitative estimate of drug-likeness (QED) is 0.742. The summed E-state index contributed by atoms with van der Waals surface area (Å²) in [5.41, 5.74) is -0.239. The predicted molar refractivity (Wildman–Crippen MR) is 104 cm³/mol. The maximum atomic E-state index is 12.9. The average molecular weight is 378 g/mol. The number of rotatable bonds is 2. The third kappa shape index (κ3) is 4.30. The molecule has 3 aliphatic rings. The molecular weight excluding hydrogens is 342 g/mol. The SMILES string of the molecule is CC1CCCCN1C(=O)C1CCN(C(=O)C2CC(=O)N(C(C)(C)C)C2)CC1. The molecule has 0 saturated carbocycles. The summed E-state index contributed by atoms with van der Waals surface area (Å²) in [6.07, 6.45) is 5.23. The van der Waals surface area contributed by atoms with Gasteiger partial charge in [-0.3, -0.25) is 14.4 Å². The summed E-state index contributed by atoms with van der Waals surface area (Å²) in [6, 6.07) is 0.346. The van der Waals surface area contributed by atoms with Crippen LogP contribution in [0.4, 0.5) is 0 Å². The van der Waals surface area contributed by atoms with E-state index in [0.717, 1.165) is 32.2 Å². The number of carbonyl (C=O) groups is 3. The maximum Gasteiger partial charge on any atom is 0.227 e. The smallest absolute Gasteiger partial charge is 0.227 e. The van der Waals surface area contributed by atoms with Gasteiger partial charge in [0.2, 0.25) is 17.7 Å². The van der Waals surface area contributed by atoms with Crippen LogP contribution >= 0.6 is 0 Å². The van der Waals surface area contributed by atoms with Crippen LogP contribution in [-0.4, -0.2) is 70.2 Å².